The van der Waals surface area contributed by atoms with E-state index in [0.717, 1.165) is 57.8 Å². The molecule has 0 saturated carbocycles. The highest BCUT2D eigenvalue weighted by Crippen LogP contribution is 2.19. The van der Waals surface area contributed by atoms with Crippen molar-refractivity contribution in [3.05, 3.63) is 24.3 Å². The highest BCUT2D eigenvalue weighted by atomic mass is 16.5. The summed E-state index contributed by atoms with van der Waals surface area (Å²) in [5.41, 5.74) is 0. The number of carbonyl (C=O) groups excluding carboxylic acids is 2. The minimum Gasteiger partial charge on any atom is -0.462 e. The van der Waals surface area contributed by atoms with Gasteiger partial charge < -0.3 is 20.3 Å². The van der Waals surface area contributed by atoms with Gasteiger partial charge in [0.1, 0.15) is 6.10 Å². The second-order valence-corrected chi connectivity index (χ2v) is 21.5. The lowest BCUT2D eigenvalue weighted by Gasteiger charge is -2.24. The van der Waals surface area contributed by atoms with E-state index in [1.54, 1.807) is 0 Å². The number of aliphatic hydroxyl groups is 2. The summed E-state index contributed by atoms with van der Waals surface area (Å²) in [6.45, 7) is 6.51. The Labute approximate surface area is 431 Å². The zero-order valence-electron chi connectivity index (χ0n) is 46.7. The number of unbranched alkanes of at least 4 members (excludes halogenated alkanes) is 41. The maximum absolute atomic E-state index is 13.3. The Kier molecular flexibility index (Phi) is 55.9. The molecule has 0 fully saturated rings. The first-order valence-electron chi connectivity index (χ1n) is 31.1. The van der Waals surface area contributed by atoms with Crippen molar-refractivity contribution in [1.82, 2.24) is 5.32 Å². The van der Waals surface area contributed by atoms with Crippen LogP contribution in [0, 0.1) is 0 Å². The van der Waals surface area contributed by atoms with Crippen molar-refractivity contribution in [1.29, 1.82) is 0 Å². The van der Waals surface area contributed by atoms with Crippen LogP contribution in [0.1, 0.15) is 342 Å². The standard InChI is InChI=1S/C63H121NO5/c1-4-7-10-13-16-19-22-25-28-31-33-36-39-42-45-48-51-54-59(69-63(68)56-53-50-47-44-41-38-35-32-29-26-23-20-17-14-11-8-5-2)57-62(67)64-60(58-65)61(66)55-52-49-46-43-40-37-34-30-27-24-21-18-15-12-9-6-3/h17,20,26,29,59-61,65-66H,4-16,18-19,21-25,27-28,30-58H2,1-3H3,(H,64,67)/b20-17-,29-26-. The smallest absolute Gasteiger partial charge is 0.306 e. The topological polar surface area (TPSA) is 95.9 Å². The molecule has 1 amide bonds. The van der Waals surface area contributed by atoms with Gasteiger partial charge in [-0.1, -0.05) is 295 Å². The molecule has 6 heteroatoms. The van der Waals surface area contributed by atoms with E-state index in [1.807, 2.05) is 0 Å². The van der Waals surface area contributed by atoms with Gasteiger partial charge in [0.25, 0.3) is 0 Å². The van der Waals surface area contributed by atoms with Crippen molar-refractivity contribution < 1.29 is 24.5 Å². The zero-order valence-corrected chi connectivity index (χ0v) is 46.7. The Morgan fingerprint density at radius 1 is 0.420 bits per heavy atom. The first-order chi connectivity index (χ1) is 34.0. The zero-order chi connectivity index (χ0) is 50.2. The number of rotatable bonds is 57. The number of nitrogens with one attached hydrogen (secondary N) is 1. The lowest BCUT2D eigenvalue weighted by molar-refractivity contribution is -0.151. The molecule has 0 aromatic heterocycles. The molecule has 69 heavy (non-hydrogen) atoms. The number of carbonyl (C=O) groups is 2. The van der Waals surface area contributed by atoms with Crippen molar-refractivity contribution in [2.45, 2.75) is 360 Å². The Hall–Kier alpha value is -1.66. The van der Waals surface area contributed by atoms with Gasteiger partial charge in [-0.15, -0.1) is 0 Å². The average Bonchev–Trinajstić information content (AvgIpc) is 3.34. The molecule has 0 radical (unpaired) electrons. The van der Waals surface area contributed by atoms with Crippen LogP contribution in [-0.4, -0.2) is 46.9 Å². The lowest BCUT2D eigenvalue weighted by Crippen LogP contribution is -2.46. The fourth-order valence-electron chi connectivity index (χ4n) is 9.82. The molecule has 0 bridgehead atoms. The van der Waals surface area contributed by atoms with Crippen LogP contribution in [-0.2, 0) is 14.3 Å². The van der Waals surface area contributed by atoms with E-state index in [9.17, 15) is 19.8 Å². The Bertz CT molecular complexity index is 1090. The van der Waals surface area contributed by atoms with Crippen LogP contribution in [0.5, 0.6) is 0 Å². The third kappa shape index (κ3) is 52.5. The molecule has 0 aromatic rings. The number of hydrogen-bond donors (Lipinski definition) is 3. The first-order valence-corrected chi connectivity index (χ1v) is 31.1. The largest absolute Gasteiger partial charge is 0.462 e. The van der Waals surface area contributed by atoms with E-state index < -0.39 is 18.2 Å². The van der Waals surface area contributed by atoms with Crippen LogP contribution in [0.4, 0.5) is 0 Å². The molecule has 3 atom stereocenters. The summed E-state index contributed by atoms with van der Waals surface area (Å²) in [5.74, 6) is -0.459. The van der Waals surface area contributed by atoms with Crippen molar-refractivity contribution in [2.24, 2.45) is 0 Å². The fraction of sp³-hybridized carbons (Fsp3) is 0.905. The van der Waals surface area contributed by atoms with Crippen molar-refractivity contribution in [3.63, 3.8) is 0 Å². The van der Waals surface area contributed by atoms with Gasteiger partial charge in [-0.3, -0.25) is 9.59 Å². The molecule has 0 aliphatic heterocycles. The quantitative estimate of drug-likeness (QED) is 0.0321. The maximum atomic E-state index is 13.3. The molecule has 6 nitrogen and oxygen atoms in total. The van der Waals surface area contributed by atoms with Crippen LogP contribution < -0.4 is 5.32 Å². The fourth-order valence-corrected chi connectivity index (χ4v) is 9.82. The van der Waals surface area contributed by atoms with Gasteiger partial charge in [0, 0.05) is 6.42 Å². The Morgan fingerprint density at radius 2 is 0.739 bits per heavy atom. The van der Waals surface area contributed by atoms with E-state index >= 15 is 0 Å². The number of ether oxygens (including phenoxy) is 1. The van der Waals surface area contributed by atoms with E-state index in [-0.39, 0.29) is 24.9 Å². The number of allylic oxidation sites excluding steroid dienone is 4. The number of amides is 1. The van der Waals surface area contributed by atoms with Crippen LogP contribution in [0.25, 0.3) is 0 Å². The minimum atomic E-state index is -0.786. The van der Waals surface area contributed by atoms with Crippen LogP contribution in [0.3, 0.4) is 0 Å². The van der Waals surface area contributed by atoms with Crippen LogP contribution in [0.2, 0.25) is 0 Å². The van der Waals surface area contributed by atoms with Gasteiger partial charge in [-0.2, -0.15) is 0 Å². The van der Waals surface area contributed by atoms with Gasteiger partial charge in [-0.05, 0) is 57.8 Å². The number of aliphatic hydroxyl groups excluding tert-OH is 2. The van der Waals surface area contributed by atoms with Crippen LogP contribution >= 0.6 is 0 Å². The summed E-state index contributed by atoms with van der Waals surface area (Å²) in [5, 5.41) is 24.0. The van der Waals surface area contributed by atoms with Crippen molar-refractivity contribution >= 4 is 11.9 Å². The lowest BCUT2D eigenvalue weighted by atomic mass is 10.0. The third-order valence-corrected chi connectivity index (χ3v) is 14.5. The normalized spacial score (nSPS) is 13.2. The molecular weight excluding hydrogens is 851 g/mol. The molecular formula is C63H121NO5. The summed E-state index contributed by atoms with van der Waals surface area (Å²) in [4.78, 5) is 26.4. The molecule has 408 valence electrons. The van der Waals surface area contributed by atoms with Crippen molar-refractivity contribution in [3.8, 4) is 0 Å². The highest BCUT2D eigenvalue weighted by Gasteiger charge is 2.24. The van der Waals surface area contributed by atoms with E-state index in [2.05, 4.69) is 50.4 Å². The summed E-state index contributed by atoms with van der Waals surface area (Å²) in [7, 11) is 0. The molecule has 0 spiro atoms. The molecule has 0 aromatic carbocycles. The highest BCUT2D eigenvalue weighted by molar-refractivity contribution is 5.77. The number of hydrogen-bond acceptors (Lipinski definition) is 5. The summed E-state index contributed by atoms with van der Waals surface area (Å²) >= 11 is 0. The van der Waals surface area contributed by atoms with Gasteiger partial charge >= 0.3 is 5.97 Å². The third-order valence-electron chi connectivity index (χ3n) is 14.5. The predicted octanol–water partition coefficient (Wildman–Crippen LogP) is 19.4. The Balaban J connectivity index is 4.51. The number of esters is 1. The van der Waals surface area contributed by atoms with E-state index in [0.29, 0.717) is 19.3 Å². The molecule has 3 N–H and O–H groups in total. The molecule has 3 unspecified atom stereocenters. The monoisotopic (exact) mass is 972 g/mol. The summed E-state index contributed by atoms with van der Waals surface area (Å²) in [6, 6.07) is -0.700. The Morgan fingerprint density at radius 3 is 1.13 bits per heavy atom. The first kappa shape index (κ1) is 67.3. The maximum Gasteiger partial charge on any atom is 0.306 e. The van der Waals surface area contributed by atoms with Crippen molar-refractivity contribution in [2.75, 3.05) is 6.61 Å². The van der Waals surface area contributed by atoms with Gasteiger partial charge in [0.15, 0.2) is 0 Å². The molecule has 0 heterocycles. The molecule has 0 saturated heterocycles. The summed E-state index contributed by atoms with van der Waals surface area (Å²) in [6.07, 6.45) is 68.2. The molecule has 0 aliphatic carbocycles. The molecule has 0 rings (SSSR count). The average molecular weight is 973 g/mol. The van der Waals surface area contributed by atoms with E-state index in [1.165, 1.54) is 238 Å². The second kappa shape index (κ2) is 57.2. The molecule has 0 aliphatic rings. The van der Waals surface area contributed by atoms with Gasteiger partial charge in [-0.25, -0.2) is 0 Å². The van der Waals surface area contributed by atoms with E-state index in [4.69, 9.17) is 4.74 Å². The predicted molar refractivity (Wildman–Crippen MR) is 301 cm³/mol. The summed E-state index contributed by atoms with van der Waals surface area (Å²) < 4.78 is 5.98. The van der Waals surface area contributed by atoms with Gasteiger partial charge in [0.05, 0.1) is 25.2 Å². The van der Waals surface area contributed by atoms with Gasteiger partial charge in [0.2, 0.25) is 5.91 Å². The SMILES string of the molecule is CCCCC/C=C\C/C=C\CCCCCCCCCC(=O)OC(CCCCCCCCCCCCCCCCCCC)CC(=O)NC(CO)C(O)CCCCCCCCCCCCCCCCCC. The second-order valence-electron chi connectivity index (χ2n) is 21.5. The minimum absolute atomic E-state index is 0.0812. The van der Waals surface area contributed by atoms with Crippen LogP contribution in [0.15, 0.2) is 24.3 Å².